The number of methoxy groups -OCH3 is 2. The van der Waals surface area contributed by atoms with Gasteiger partial charge in [0.2, 0.25) is 0 Å². The zero-order chi connectivity index (χ0) is 14.1. The lowest BCUT2D eigenvalue weighted by Crippen LogP contribution is -2.13. The van der Waals surface area contributed by atoms with Crippen LogP contribution in [-0.4, -0.2) is 20.8 Å². The second kappa shape index (κ2) is 8.68. The van der Waals surface area contributed by atoms with Crippen molar-refractivity contribution in [3.05, 3.63) is 18.2 Å². The minimum atomic E-state index is 0.733. The molecule has 0 fully saturated rings. The van der Waals surface area contributed by atoms with Gasteiger partial charge in [-0.3, -0.25) is 0 Å². The Morgan fingerprint density at radius 2 is 1.68 bits per heavy atom. The van der Waals surface area contributed by atoms with E-state index in [-0.39, 0.29) is 0 Å². The molecule has 0 saturated carbocycles. The number of anilines is 1. The maximum absolute atomic E-state index is 5.28. The predicted molar refractivity (Wildman–Crippen MR) is 81.3 cm³/mol. The lowest BCUT2D eigenvalue weighted by Gasteiger charge is -2.17. The van der Waals surface area contributed by atoms with E-state index in [0.717, 1.165) is 29.6 Å². The molecule has 0 spiro atoms. The van der Waals surface area contributed by atoms with Gasteiger partial charge in [-0.15, -0.1) is 0 Å². The predicted octanol–water partition coefficient (Wildman–Crippen LogP) is 4.33. The summed E-state index contributed by atoms with van der Waals surface area (Å²) in [6.07, 6.45) is 5.08. The molecule has 0 aromatic heterocycles. The first-order valence-electron chi connectivity index (χ1n) is 7.20. The number of hydrogen-bond donors (Lipinski definition) is 1. The molecule has 1 aromatic carbocycles. The largest absolute Gasteiger partial charge is 0.497 e. The van der Waals surface area contributed by atoms with Crippen LogP contribution in [0, 0.1) is 5.92 Å². The highest BCUT2D eigenvalue weighted by Gasteiger charge is 2.07. The van der Waals surface area contributed by atoms with Crippen molar-refractivity contribution in [3.8, 4) is 11.5 Å². The molecule has 1 unspecified atom stereocenters. The van der Waals surface area contributed by atoms with Crippen molar-refractivity contribution in [2.24, 2.45) is 5.92 Å². The van der Waals surface area contributed by atoms with Crippen molar-refractivity contribution in [1.29, 1.82) is 0 Å². The number of nitrogens with one attached hydrogen (secondary N) is 1. The monoisotopic (exact) mass is 265 g/mol. The molecule has 1 N–H and O–H groups in total. The third-order valence-electron chi connectivity index (χ3n) is 3.49. The Hall–Kier alpha value is -1.38. The van der Waals surface area contributed by atoms with Crippen molar-refractivity contribution < 1.29 is 9.47 Å². The standard InChI is InChI=1S/C16H27NO2/c1-5-7-8-13(6-2)12-17-14-9-15(18-3)11-16(10-14)19-4/h9-11,13,17H,5-8,12H2,1-4H3. The SMILES string of the molecule is CCCCC(CC)CNc1cc(OC)cc(OC)c1. The van der Waals surface area contributed by atoms with E-state index < -0.39 is 0 Å². The van der Waals surface area contributed by atoms with Crippen LogP contribution in [0.1, 0.15) is 39.5 Å². The van der Waals surface area contributed by atoms with Gasteiger partial charge in [-0.05, 0) is 12.3 Å². The van der Waals surface area contributed by atoms with Crippen LogP contribution in [0.25, 0.3) is 0 Å². The fourth-order valence-electron chi connectivity index (χ4n) is 2.12. The number of benzene rings is 1. The van der Waals surface area contributed by atoms with Crippen LogP contribution in [0.4, 0.5) is 5.69 Å². The van der Waals surface area contributed by atoms with E-state index in [2.05, 4.69) is 19.2 Å². The molecular formula is C16H27NO2. The third kappa shape index (κ3) is 5.41. The lowest BCUT2D eigenvalue weighted by atomic mass is 9.99. The fourth-order valence-corrected chi connectivity index (χ4v) is 2.12. The highest BCUT2D eigenvalue weighted by atomic mass is 16.5. The summed E-state index contributed by atoms with van der Waals surface area (Å²) in [5, 5.41) is 3.49. The van der Waals surface area contributed by atoms with E-state index in [1.807, 2.05) is 18.2 Å². The van der Waals surface area contributed by atoms with E-state index in [4.69, 9.17) is 9.47 Å². The molecule has 0 radical (unpaired) electrons. The zero-order valence-electron chi connectivity index (χ0n) is 12.7. The Morgan fingerprint density at radius 3 is 2.16 bits per heavy atom. The molecule has 1 rings (SSSR count). The van der Waals surface area contributed by atoms with Crippen LogP contribution in [-0.2, 0) is 0 Å². The van der Waals surface area contributed by atoms with Crippen molar-refractivity contribution in [2.75, 3.05) is 26.1 Å². The molecule has 3 heteroatoms. The highest BCUT2D eigenvalue weighted by molar-refractivity contribution is 5.53. The summed E-state index contributed by atoms with van der Waals surface area (Å²) in [6.45, 7) is 5.51. The molecule has 0 aliphatic heterocycles. The summed E-state index contributed by atoms with van der Waals surface area (Å²) in [6, 6.07) is 5.91. The highest BCUT2D eigenvalue weighted by Crippen LogP contribution is 2.26. The van der Waals surface area contributed by atoms with Crippen LogP contribution in [0.3, 0.4) is 0 Å². The van der Waals surface area contributed by atoms with Crippen molar-refractivity contribution in [3.63, 3.8) is 0 Å². The van der Waals surface area contributed by atoms with Crippen LogP contribution < -0.4 is 14.8 Å². The van der Waals surface area contributed by atoms with E-state index >= 15 is 0 Å². The summed E-state index contributed by atoms with van der Waals surface area (Å²) in [7, 11) is 3.35. The molecule has 0 bridgehead atoms. The Labute approximate surface area is 117 Å². The summed E-state index contributed by atoms with van der Waals surface area (Å²) >= 11 is 0. The zero-order valence-corrected chi connectivity index (χ0v) is 12.7. The Morgan fingerprint density at radius 1 is 1.05 bits per heavy atom. The second-order valence-corrected chi connectivity index (χ2v) is 4.90. The van der Waals surface area contributed by atoms with Crippen molar-refractivity contribution >= 4 is 5.69 Å². The van der Waals surface area contributed by atoms with Crippen molar-refractivity contribution in [1.82, 2.24) is 0 Å². The molecule has 0 saturated heterocycles. The van der Waals surface area contributed by atoms with Gasteiger partial charge in [0, 0.05) is 30.4 Å². The molecule has 1 aromatic rings. The Bertz CT molecular complexity index is 344. The number of rotatable bonds is 9. The number of unbranched alkanes of at least 4 members (excludes halogenated alkanes) is 1. The molecule has 1 atom stereocenters. The van der Waals surface area contributed by atoms with E-state index in [1.165, 1.54) is 25.7 Å². The van der Waals surface area contributed by atoms with Crippen LogP contribution in [0.2, 0.25) is 0 Å². The molecule has 0 aliphatic carbocycles. The molecule has 0 heterocycles. The summed E-state index contributed by atoms with van der Waals surface area (Å²) in [5.41, 5.74) is 1.06. The minimum Gasteiger partial charge on any atom is -0.497 e. The Balaban J connectivity index is 2.60. The first kappa shape index (κ1) is 15.7. The smallest absolute Gasteiger partial charge is 0.124 e. The van der Waals surface area contributed by atoms with Gasteiger partial charge in [0.25, 0.3) is 0 Å². The maximum atomic E-state index is 5.28. The second-order valence-electron chi connectivity index (χ2n) is 4.90. The lowest BCUT2D eigenvalue weighted by molar-refractivity contribution is 0.394. The molecular weight excluding hydrogens is 238 g/mol. The Kier molecular flexibility index (Phi) is 7.16. The normalized spacial score (nSPS) is 12.0. The van der Waals surface area contributed by atoms with E-state index in [9.17, 15) is 0 Å². The van der Waals surface area contributed by atoms with Crippen LogP contribution in [0.15, 0.2) is 18.2 Å². The van der Waals surface area contributed by atoms with Gasteiger partial charge >= 0.3 is 0 Å². The first-order chi connectivity index (χ1) is 9.23. The molecule has 0 aliphatic rings. The van der Waals surface area contributed by atoms with Gasteiger partial charge in [0.05, 0.1) is 14.2 Å². The maximum Gasteiger partial charge on any atom is 0.124 e. The molecule has 19 heavy (non-hydrogen) atoms. The number of ether oxygens (including phenoxy) is 2. The number of hydrogen-bond acceptors (Lipinski definition) is 3. The van der Waals surface area contributed by atoms with Crippen LogP contribution >= 0.6 is 0 Å². The van der Waals surface area contributed by atoms with Crippen molar-refractivity contribution in [2.45, 2.75) is 39.5 Å². The van der Waals surface area contributed by atoms with Gasteiger partial charge in [-0.1, -0.05) is 33.1 Å². The molecule has 3 nitrogen and oxygen atoms in total. The van der Waals surface area contributed by atoms with Gasteiger partial charge in [-0.2, -0.15) is 0 Å². The van der Waals surface area contributed by atoms with Gasteiger partial charge < -0.3 is 14.8 Å². The topological polar surface area (TPSA) is 30.5 Å². The van der Waals surface area contributed by atoms with E-state index in [0.29, 0.717) is 0 Å². The molecule has 0 amide bonds. The molecule has 108 valence electrons. The fraction of sp³-hybridized carbons (Fsp3) is 0.625. The average Bonchev–Trinajstić information content (AvgIpc) is 2.47. The average molecular weight is 265 g/mol. The summed E-state index contributed by atoms with van der Waals surface area (Å²) < 4.78 is 10.6. The van der Waals surface area contributed by atoms with Gasteiger partial charge in [-0.25, -0.2) is 0 Å². The minimum absolute atomic E-state index is 0.733. The summed E-state index contributed by atoms with van der Waals surface area (Å²) in [4.78, 5) is 0. The quantitative estimate of drug-likeness (QED) is 0.720. The van der Waals surface area contributed by atoms with Gasteiger partial charge in [0.1, 0.15) is 11.5 Å². The third-order valence-corrected chi connectivity index (χ3v) is 3.49. The van der Waals surface area contributed by atoms with Crippen LogP contribution in [0.5, 0.6) is 11.5 Å². The van der Waals surface area contributed by atoms with Gasteiger partial charge in [0.15, 0.2) is 0 Å². The summed E-state index contributed by atoms with van der Waals surface area (Å²) in [5.74, 6) is 2.38. The first-order valence-corrected chi connectivity index (χ1v) is 7.20. The van der Waals surface area contributed by atoms with E-state index in [1.54, 1.807) is 14.2 Å².